The van der Waals surface area contributed by atoms with Crippen LogP contribution in [0.3, 0.4) is 0 Å². The Balaban J connectivity index is 4.69. The number of phosphoric acid groups is 1. The van der Waals surface area contributed by atoms with Gasteiger partial charge in [-0.2, -0.15) is 0 Å². The number of hydrogen-bond acceptors (Lipinski definition) is 5. The van der Waals surface area contributed by atoms with Gasteiger partial charge < -0.3 is 24.3 Å². The SMILES string of the molecule is C=C(C)C(=O)OC(COP(=O)(O)O)P(=O)(O)O. The zero-order valence-corrected chi connectivity index (χ0v) is 10.5. The molecule has 0 aliphatic heterocycles. The largest absolute Gasteiger partial charge is 0.469 e. The summed E-state index contributed by atoms with van der Waals surface area (Å²) in [4.78, 5) is 45.3. The van der Waals surface area contributed by atoms with Crippen molar-refractivity contribution < 1.29 is 42.8 Å². The molecule has 0 amide bonds. The molecule has 1 unspecified atom stereocenters. The Morgan fingerprint density at radius 2 is 1.76 bits per heavy atom. The van der Waals surface area contributed by atoms with Gasteiger partial charge in [0, 0.05) is 5.57 Å². The molecule has 0 aliphatic rings. The maximum absolute atomic E-state index is 11.0. The van der Waals surface area contributed by atoms with E-state index in [2.05, 4.69) is 15.8 Å². The quantitative estimate of drug-likeness (QED) is 0.294. The van der Waals surface area contributed by atoms with Gasteiger partial charge in [-0.1, -0.05) is 6.58 Å². The Morgan fingerprint density at radius 1 is 1.29 bits per heavy atom. The molecule has 0 heterocycles. The first kappa shape index (κ1) is 16.5. The topological polar surface area (TPSA) is 151 Å². The molecule has 0 spiro atoms. The molecule has 0 fully saturated rings. The molecule has 4 N–H and O–H groups in total. The smallest absolute Gasteiger partial charge is 0.443 e. The fourth-order valence-electron chi connectivity index (χ4n) is 0.585. The van der Waals surface area contributed by atoms with Gasteiger partial charge >= 0.3 is 21.4 Å². The average molecular weight is 290 g/mol. The van der Waals surface area contributed by atoms with Crippen LogP contribution in [-0.2, 0) is 23.2 Å². The molecule has 17 heavy (non-hydrogen) atoms. The van der Waals surface area contributed by atoms with Crippen molar-refractivity contribution >= 4 is 21.4 Å². The lowest BCUT2D eigenvalue weighted by Gasteiger charge is -2.18. The van der Waals surface area contributed by atoms with E-state index in [1.54, 1.807) is 0 Å². The molecule has 0 bridgehead atoms. The van der Waals surface area contributed by atoms with E-state index in [4.69, 9.17) is 19.6 Å². The van der Waals surface area contributed by atoms with Crippen molar-refractivity contribution in [2.24, 2.45) is 0 Å². The van der Waals surface area contributed by atoms with Crippen LogP contribution in [0.5, 0.6) is 0 Å². The van der Waals surface area contributed by atoms with Gasteiger partial charge in [0.05, 0.1) is 0 Å². The van der Waals surface area contributed by atoms with Crippen molar-refractivity contribution in [2.45, 2.75) is 12.8 Å². The molecule has 100 valence electrons. The van der Waals surface area contributed by atoms with Crippen molar-refractivity contribution in [2.75, 3.05) is 6.61 Å². The monoisotopic (exact) mass is 290 g/mol. The predicted octanol–water partition coefficient (Wildman–Crippen LogP) is -0.281. The van der Waals surface area contributed by atoms with E-state index in [1.807, 2.05) is 0 Å². The van der Waals surface area contributed by atoms with Crippen LogP contribution in [0, 0.1) is 0 Å². The van der Waals surface area contributed by atoms with E-state index in [-0.39, 0.29) is 5.57 Å². The highest BCUT2D eigenvalue weighted by Crippen LogP contribution is 2.45. The molecule has 0 aromatic carbocycles. The second-order valence-electron chi connectivity index (χ2n) is 3.02. The van der Waals surface area contributed by atoms with Gasteiger partial charge in [-0.3, -0.25) is 9.09 Å². The minimum atomic E-state index is -4.91. The van der Waals surface area contributed by atoms with Crippen LogP contribution in [0.4, 0.5) is 0 Å². The van der Waals surface area contributed by atoms with Crippen LogP contribution in [-0.4, -0.2) is 38.0 Å². The molecule has 1 atom stereocenters. The number of carbonyl (C=O) groups is 1. The van der Waals surface area contributed by atoms with Gasteiger partial charge in [0.25, 0.3) is 0 Å². The Kier molecular flexibility index (Phi) is 5.70. The summed E-state index contributed by atoms with van der Waals surface area (Å²) in [7, 11) is -9.82. The molecule has 0 aliphatic carbocycles. The fraction of sp³-hybridized carbons (Fsp3) is 0.500. The molecule has 0 rings (SSSR count). The lowest BCUT2D eigenvalue weighted by atomic mass is 10.4. The molecular weight excluding hydrogens is 278 g/mol. The van der Waals surface area contributed by atoms with Crippen LogP contribution in [0.25, 0.3) is 0 Å². The van der Waals surface area contributed by atoms with Gasteiger partial charge in [0.1, 0.15) is 6.61 Å². The Labute approximate surface area is 96.5 Å². The van der Waals surface area contributed by atoms with Crippen molar-refractivity contribution in [1.82, 2.24) is 0 Å². The van der Waals surface area contributed by atoms with E-state index in [1.165, 1.54) is 6.92 Å². The first-order valence-corrected chi connectivity index (χ1v) is 7.26. The standard InChI is InChI=1S/C6H12O9P2/c1-4(2)6(7)15-5(16(8,9)10)3-14-17(11,12)13/h5H,1,3H2,2H3,(H2,8,9,10)(H2,11,12,13). The van der Waals surface area contributed by atoms with E-state index < -0.39 is 33.8 Å². The molecule has 0 saturated heterocycles. The van der Waals surface area contributed by atoms with Gasteiger partial charge in [-0.05, 0) is 6.92 Å². The van der Waals surface area contributed by atoms with E-state index in [0.717, 1.165) is 0 Å². The number of phosphoric ester groups is 1. The van der Waals surface area contributed by atoms with Crippen molar-refractivity contribution in [1.29, 1.82) is 0 Å². The van der Waals surface area contributed by atoms with Crippen LogP contribution >= 0.6 is 15.4 Å². The molecule has 0 aromatic rings. The van der Waals surface area contributed by atoms with Gasteiger partial charge in [0.15, 0.2) is 0 Å². The van der Waals surface area contributed by atoms with E-state index >= 15 is 0 Å². The first-order chi connectivity index (χ1) is 7.43. The highest BCUT2D eigenvalue weighted by molar-refractivity contribution is 7.52. The molecule has 0 saturated carbocycles. The summed E-state index contributed by atoms with van der Waals surface area (Å²) in [6.45, 7) is 3.28. The first-order valence-electron chi connectivity index (χ1n) is 4.05. The van der Waals surface area contributed by atoms with Gasteiger partial charge in [-0.15, -0.1) is 0 Å². The lowest BCUT2D eigenvalue weighted by Crippen LogP contribution is -2.23. The Hall–Kier alpha value is -0.530. The highest BCUT2D eigenvalue weighted by atomic mass is 31.2. The van der Waals surface area contributed by atoms with Gasteiger partial charge in [0.2, 0.25) is 5.85 Å². The summed E-state index contributed by atoms with van der Waals surface area (Å²) in [5.41, 5.74) is -0.125. The van der Waals surface area contributed by atoms with Crippen molar-refractivity contribution in [3.63, 3.8) is 0 Å². The maximum atomic E-state index is 11.0. The number of rotatable bonds is 6. The molecular formula is C6H12O9P2. The summed E-state index contributed by atoms with van der Waals surface area (Å²) in [5.74, 6) is -3.20. The second kappa shape index (κ2) is 5.88. The summed E-state index contributed by atoms with van der Waals surface area (Å²) < 4.78 is 29.4. The van der Waals surface area contributed by atoms with E-state index in [9.17, 15) is 13.9 Å². The zero-order valence-electron chi connectivity index (χ0n) is 8.72. The molecule has 9 nitrogen and oxygen atoms in total. The third-order valence-electron chi connectivity index (χ3n) is 1.35. The molecule has 11 heteroatoms. The van der Waals surface area contributed by atoms with Crippen LogP contribution in [0.15, 0.2) is 12.2 Å². The third kappa shape index (κ3) is 7.40. The highest BCUT2D eigenvalue weighted by Gasteiger charge is 2.35. The number of esters is 1. The number of carbonyl (C=O) groups excluding carboxylic acids is 1. The lowest BCUT2D eigenvalue weighted by molar-refractivity contribution is -0.142. The average Bonchev–Trinajstić information content (AvgIpc) is 2.07. The third-order valence-corrected chi connectivity index (χ3v) is 2.84. The van der Waals surface area contributed by atoms with Crippen molar-refractivity contribution in [3.8, 4) is 0 Å². The van der Waals surface area contributed by atoms with Gasteiger partial charge in [-0.25, -0.2) is 9.36 Å². The second-order valence-corrected chi connectivity index (χ2v) is 6.01. The normalized spacial score (nSPS) is 14.2. The van der Waals surface area contributed by atoms with Crippen LogP contribution in [0.2, 0.25) is 0 Å². The molecule has 0 aromatic heterocycles. The number of hydrogen-bond donors (Lipinski definition) is 4. The number of ether oxygens (including phenoxy) is 1. The summed E-state index contributed by atoms with van der Waals surface area (Å²) in [6, 6.07) is 0. The Bertz CT molecular complexity index is 390. The predicted molar refractivity (Wildman–Crippen MR) is 54.7 cm³/mol. The van der Waals surface area contributed by atoms with Crippen LogP contribution < -0.4 is 0 Å². The van der Waals surface area contributed by atoms with Crippen molar-refractivity contribution in [3.05, 3.63) is 12.2 Å². The maximum Gasteiger partial charge on any atom is 0.469 e. The minimum absolute atomic E-state index is 0.125. The molecule has 0 radical (unpaired) electrons. The van der Waals surface area contributed by atoms with Crippen LogP contribution in [0.1, 0.15) is 6.92 Å². The summed E-state index contributed by atoms with van der Waals surface area (Å²) >= 11 is 0. The zero-order chi connectivity index (χ0) is 13.9. The van der Waals surface area contributed by atoms with E-state index in [0.29, 0.717) is 0 Å². The fourth-order valence-corrected chi connectivity index (χ4v) is 1.53. The summed E-state index contributed by atoms with van der Waals surface area (Å²) in [5, 5.41) is 0. The Morgan fingerprint density at radius 3 is 2.06 bits per heavy atom. The minimum Gasteiger partial charge on any atom is -0.443 e. The summed E-state index contributed by atoms with van der Waals surface area (Å²) in [6.07, 6.45) is 0.